The number of nitrogens with one attached hydrogen (secondary N) is 1. The van der Waals surface area contributed by atoms with Crippen LogP contribution in [0.5, 0.6) is 0 Å². The fourth-order valence-electron chi connectivity index (χ4n) is 1.53. The lowest BCUT2D eigenvalue weighted by molar-refractivity contribution is -0.137. The van der Waals surface area contributed by atoms with Crippen LogP contribution in [-0.4, -0.2) is 26.0 Å². The second kappa shape index (κ2) is 7.02. The molecule has 0 saturated carbocycles. The molecule has 0 aromatic heterocycles. The van der Waals surface area contributed by atoms with Crippen molar-refractivity contribution in [2.45, 2.75) is 25.2 Å². The first-order valence-electron chi connectivity index (χ1n) is 5.80. The standard InChI is InChI=1S/C12H15Br2NO4S/c1-7(3-12(16)17)6-15-20(18,19)11-5-9(13)8(2)4-10(11)14/h4-5,7,15H,3,6H2,1-2H3,(H,16,17). The van der Waals surface area contributed by atoms with E-state index in [0.717, 1.165) is 5.56 Å². The molecule has 1 unspecified atom stereocenters. The number of carboxylic acid groups (broad SMARTS) is 1. The van der Waals surface area contributed by atoms with Crippen LogP contribution in [0.1, 0.15) is 18.9 Å². The van der Waals surface area contributed by atoms with Gasteiger partial charge in [0.05, 0.1) is 4.90 Å². The number of aryl methyl sites for hydroxylation is 1. The van der Waals surface area contributed by atoms with Gasteiger partial charge in [-0.1, -0.05) is 22.9 Å². The van der Waals surface area contributed by atoms with Crippen molar-refractivity contribution in [1.82, 2.24) is 4.72 Å². The first-order valence-corrected chi connectivity index (χ1v) is 8.87. The van der Waals surface area contributed by atoms with Crippen molar-refractivity contribution in [3.63, 3.8) is 0 Å². The summed E-state index contributed by atoms with van der Waals surface area (Å²) in [5.74, 6) is -1.23. The molecule has 0 amide bonds. The molecule has 20 heavy (non-hydrogen) atoms. The predicted octanol–water partition coefficient (Wildman–Crippen LogP) is 2.91. The molecule has 1 aromatic rings. The highest BCUT2D eigenvalue weighted by Gasteiger charge is 2.20. The first-order chi connectivity index (χ1) is 9.13. The van der Waals surface area contributed by atoms with Gasteiger partial charge in [0.1, 0.15) is 0 Å². The number of hydrogen-bond acceptors (Lipinski definition) is 3. The average molecular weight is 429 g/mol. The zero-order valence-electron chi connectivity index (χ0n) is 11.0. The zero-order chi connectivity index (χ0) is 15.5. The molecule has 8 heteroatoms. The van der Waals surface area contributed by atoms with Crippen molar-refractivity contribution in [3.05, 3.63) is 26.6 Å². The van der Waals surface area contributed by atoms with Gasteiger partial charge in [0.2, 0.25) is 10.0 Å². The second-order valence-corrected chi connectivity index (χ2v) is 8.03. The SMILES string of the molecule is Cc1cc(Br)c(S(=O)(=O)NCC(C)CC(=O)O)cc1Br. The van der Waals surface area contributed by atoms with Crippen molar-refractivity contribution in [2.75, 3.05) is 6.54 Å². The van der Waals surface area contributed by atoms with Crippen molar-refractivity contribution < 1.29 is 18.3 Å². The Hall–Kier alpha value is -0.440. The lowest BCUT2D eigenvalue weighted by atomic mass is 10.1. The smallest absolute Gasteiger partial charge is 0.303 e. The van der Waals surface area contributed by atoms with Gasteiger partial charge in [-0.2, -0.15) is 0 Å². The van der Waals surface area contributed by atoms with Gasteiger partial charge in [-0.05, 0) is 46.5 Å². The van der Waals surface area contributed by atoms with E-state index >= 15 is 0 Å². The van der Waals surface area contributed by atoms with E-state index in [1.807, 2.05) is 6.92 Å². The minimum Gasteiger partial charge on any atom is -0.481 e. The number of hydrogen-bond donors (Lipinski definition) is 2. The van der Waals surface area contributed by atoms with E-state index in [-0.39, 0.29) is 23.8 Å². The molecule has 0 bridgehead atoms. The number of carbonyl (C=O) groups is 1. The Bertz CT molecular complexity index is 616. The minimum atomic E-state index is -3.68. The van der Waals surface area contributed by atoms with Gasteiger partial charge in [-0.25, -0.2) is 13.1 Å². The van der Waals surface area contributed by atoms with Crippen LogP contribution in [0.4, 0.5) is 0 Å². The van der Waals surface area contributed by atoms with E-state index in [9.17, 15) is 13.2 Å². The molecule has 0 spiro atoms. The van der Waals surface area contributed by atoms with Crippen LogP contribution in [0.3, 0.4) is 0 Å². The summed E-state index contributed by atoms with van der Waals surface area (Å²) in [6, 6.07) is 3.23. The molecule has 0 aliphatic carbocycles. The number of aliphatic carboxylic acids is 1. The van der Waals surface area contributed by atoms with Gasteiger partial charge < -0.3 is 5.11 Å². The summed E-state index contributed by atoms with van der Waals surface area (Å²) in [5, 5.41) is 8.65. The van der Waals surface area contributed by atoms with Gasteiger partial charge in [0.25, 0.3) is 0 Å². The zero-order valence-corrected chi connectivity index (χ0v) is 15.0. The molecule has 112 valence electrons. The van der Waals surface area contributed by atoms with E-state index in [0.29, 0.717) is 8.95 Å². The van der Waals surface area contributed by atoms with Gasteiger partial charge in [-0.15, -0.1) is 0 Å². The van der Waals surface area contributed by atoms with E-state index in [2.05, 4.69) is 36.6 Å². The molecule has 0 aliphatic rings. The molecule has 0 radical (unpaired) electrons. The van der Waals surface area contributed by atoms with Crippen LogP contribution >= 0.6 is 31.9 Å². The molecule has 5 nitrogen and oxygen atoms in total. The van der Waals surface area contributed by atoms with Crippen LogP contribution in [-0.2, 0) is 14.8 Å². The molecule has 1 rings (SSSR count). The number of halogens is 2. The fraction of sp³-hybridized carbons (Fsp3) is 0.417. The Morgan fingerprint density at radius 3 is 2.50 bits per heavy atom. The van der Waals surface area contributed by atoms with Gasteiger partial charge in [0, 0.05) is 21.9 Å². The Kier molecular flexibility index (Phi) is 6.18. The number of carboxylic acids is 1. The van der Waals surface area contributed by atoms with E-state index in [1.54, 1.807) is 13.0 Å². The van der Waals surface area contributed by atoms with Crippen LogP contribution in [0, 0.1) is 12.8 Å². The third kappa shape index (κ3) is 4.83. The largest absolute Gasteiger partial charge is 0.481 e. The van der Waals surface area contributed by atoms with Crippen molar-refractivity contribution in [3.8, 4) is 0 Å². The summed E-state index contributed by atoms with van der Waals surface area (Å²) < 4.78 is 28.0. The first kappa shape index (κ1) is 17.6. The van der Waals surface area contributed by atoms with Crippen LogP contribution in [0.15, 0.2) is 26.0 Å². The van der Waals surface area contributed by atoms with E-state index in [1.165, 1.54) is 6.07 Å². The summed E-state index contributed by atoms with van der Waals surface area (Å²) in [7, 11) is -3.68. The van der Waals surface area contributed by atoms with E-state index in [4.69, 9.17) is 5.11 Å². The highest BCUT2D eigenvalue weighted by molar-refractivity contribution is 9.11. The summed E-state index contributed by atoms with van der Waals surface area (Å²) in [5.41, 5.74) is 0.912. The predicted molar refractivity (Wildman–Crippen MR) is 83.2 cm³/mol. The van der Waals surface area contributed by atoms with Gasteiger partial charge >= 0.3 is 5.97 Å². The third-order valence-corrected chi connectivity index (χ3v) is 5.88. The van der Waals surface area contributed by atoms with Crippen molar-refractivity contribution in [2.24, 2.45) is 5.92 Å². The summed E-state index contributed by atoms with van der Waals surface area (Å²) in [6.07, 6.45) is -0.0821. The van der Waals surface area contributed by atoms with Crippen LogP contribution in [0.2, 0.25) is 0 Å². The molecular formula is C12H15Br2NO4S. The maximum Gasteiger partial charge on any atom is 0.303 e. The van der Waals surface area contributed by atoms with Gasteiger partial charge in [0.15, 0.2) is 0 Å². The Morgan fingerprint density at radius 1 is 1.35 bits per heavy atom. The normalized spacial score (nSPS) is 13.2. The Labute approximate surface area is 135 Å². The molecule has 2 N–H and O–H groups in total. The molecule has 0 heterocycles. The lowest BCUT2D eigenvalue weighted by Crippen LogP contribution is -2.29. The minimum absolute atomic E-state index is 0.0760. The molecule has 1 atom stereocenters. The quantitative estimate of drug-likeness (QED) is 0.729. The summed E-state index contributed by atoms with van der Waals surface area (Å²) in [6.45, 7) is 3.61. The number of sulfonamides is 1. The molecule has 0 saturated heterocycles. The maximum absolute atomic E-state index is 12.2. The van der Waals surface area contributed by atoms with E-state index < -0.39 is 16.0 Å². The highest BCUT2D eigenvalue weighted by Crippen LogP contribution is 2.28. The molecule has 1 aromatic carbocycles. The topological polar surface area (TPSA) is 83.5 Å². The third-order valence-electron chi connectivity index (χ3n) is 2.65. The average Bonchev–Trinajstić information content (AvgIpc) is 2.30. The van der Waals surface area contributed by atoms with Crippen molar-refractivity contribution in [1.29, 1.82) is 0 Å². The fourth-order valence-corrected chi connectivity index (χ4v) is 4.37. The van der Waals surface area contributed by atoms with Crippen molar-refractivity contribution >= 4 is 47.9 Å². The lowest BCUT2D eigenvalue weighted by Gasteiger charge is -2.13. The van der Waals surface area contributed by atoms with Gasteiger partial charge in [-0.3, -0.25) is 4.79 Å². The number of benzene rings is 1. The maximum atomic E-state index is 12.2. The monoisotopic (exact) mass is 427 g/mol. The highest BCUT2D eigenvalue weighted by atomic mass is 79.9. The molecule has 0 aliphatic heterocycles. The second-order valence-electron chi connectivity index (χ2n) is 4.59. The number of rotatable bonds is 6. The summed E-state index contributed by atoms with van der Waals surface area (Å²) in [4.78, 5) is 10.7. The van der Waals surface area contributed by atoms with Crippen LogP contribution in [0.25, 0.3) is 0 Å². The Balaban J connectivity index is 2.89. The Morgan fingerprint density at radius 2 is 1.95 bits per heavy atom. The molecular weight excluding hydrogens is 414 g/mol. The van der Waals surface area contributed by atoms with Crippen LogP contribution < -0.4 is 4.72 Å². The molecule has 0 fully saturated rings. The summed E-state index contributed by atoms with van der Waals surface area (Å²) >= 11 is 6.52.